The van der Waals surface area contributed by atoms with Crippen molar-refractivity contribution in [1.82, 2.24) is 9.38 Å². The van der Waals surface area contributed by atoms with Crippen LogP contribution in [0.25, 0.3) is 28.0 Å². The molecule has 0 aliphatic carbocycles. The van der Waals surface area contributed by atoms with Crippen molar-refractivity contribution in [3.8, 4) is 28.1 Å². The number of para-hydroxylation sites is 1. The van der Waals surface area contributed by atoms with Crippen LogP contribution >= 0.6 is 11.6 Å². The van der Waals surface area contributed by atoms with Crippen LogP contribution in [0, 0.1) is 0 Å². The standard InChI is InChI=1S/C23H21ClN2O2/c1-23(2,27)19-6-4-5-18(22(19)28-3)16-9-12-21-25-20(14-26(21)13-16)15-7-10-17(24)11-8-15/h4-14,27H,1-3H3. The average molecular weight is 393 g/mol. The molecule has 1 N–H and O–H groups in total. The van der Waals surface area contributed by atoms with Crippen molar-refractivity contribution in [2.24, 2.45) is 0 Å². The number of aliphatic hydroxyl groups is 1. The first-order valence-corrected chi connectivity index (χ1v) is 9.39. The molecular weight excluding hydrogens is 372 g/mol. The highest BCUT2D eigenvalue weighted by Crippen LogP contribution is 2.38. The van der Waals surface area contributed by atoms with Crippen molar-refractivity contribution < 1.29 is 9.84 Å². The maximum atomic E-state index is 10.5. The topological polar surface area (TPSA) is 46.8 Å². The number of pyridine rings is 1. The normalized spacial score (nSPS) is 11.8. The number of imidazole rings is 1. The average Bonchev–Trinajstić information content (AvgIpc) is 3.10. The molecule has 2 aromatic heterocycles. The molecule has 0 fully saturated rings. The predicted octanol–water partition coefficient (Wildman–Crippen LogP) is 5.56. The minimum absolute atomic E-state index is 0.674. The second kappa shape index (κ2) is 6.97. The van der Waals surface area contributed by atoms with Gasteiger partial charge in [-0.1, -0.05) is 41.9 Å². The molecule has 0 saturated carbocycles. The van der Waals surface area contributed by atoms with Crippen LogP contribution < -0.4 is 4.74 Å². The second-order valence-corrected chi connectivity index (χ2v) is 7.70. The van der Waals surface area contributed by atoms with Crippen molar-refractivity contribution in [3.05, 3.63) is 77.6 Å². The van der Waals surface area contributed by atoms with E-state index in [1.165, 1.54) is 0 Å². The molecule has 0 spiro atoms. The Balaban J connectivity index is 1.82. The van der Waals surface area contributed by atoms with E-state index in [4.69, 9.17) is 21.3 Å². The number of fused-ring (bicyclic) bond motifs is 1. The van der Waals surface area contributed by atoms with E-state index >= 15 is 0 Å². The molecule has 0 unspecified atom stereocenters. The maximum absolute atomic E-state index is 10.5. The molecule has 0 atom stereocenters. The van der Waals surface area contributed by atoms with Gasteiger partial charge in [-0.05, 0) is 38.1 Å². The number of aromatic nitrogens is 2. The monoisotopic (exact) mass is 392 g/mol. The molecular formula is C23H21ClN2O2. The van der Waals surface area contributed by atoms with E-state index in [0.717, 1.165) is 33.6 Å². The number of benzene rings is 2. The van der Waals surface area contributed by atoms with Gasteiger partial charge in [0.1, 0.15) is 11.4 Å². The van der Waals surface area contributed by atoms with Gasteiger partial charge in [-0.15, -0.1) is 0 Å². The van der Waals surface area contributed by atoms with Gasteiger partial charge in [0.15, 0.2) is 0 Å². The highest BCUT2D eigenvalue weighted by atomic mass is 35.5. The molecule has 4 aromatic rings. The van der Waals surface area contributed by atoms with Gasteiger partial charge >= 0.3 is 0 Å². The van der Waals surface area contributed by atoms with Gasteiger partial charge in [-0.25, -0.2) is 4.98 Å². The van der Waals surface area contributed by atoms with E-state index in [2.05, 4.69) is 0 Å². The summed E-state index contributed by atoms with van der Waals surface area (Å²) in [5.74, 6) is 0.674. The summed E-state index contributed by atoms with van der Waals surface area (Å²) in [7, 11) is 1.63. The second-order valence-electron chi connectivity index (χ2n) is 7.26. The summed E-state index contributed by atoms with van der Waals surface area (Å²) in [6, 6.07) is 17.4. The predicted molar refractivity (Wildman–Crippen MR) is 113 cm³/mol. The van der Waals surface area contributed by atoms with Crippen molar-refractivity contribution in [1.29, 1.82) is 0 Å². The molecule has 4 nitrogen and oxygen atoms in total. The fourth-order valence-electron chi connectivity index (χ4n) is 3.38. The number of nitrogens with zero attached hydrogens (tertiary/aromatic N) is 2. The fourth-order valence-corrected chi connectivity index (χ4v) is 3.50. The lowest BCUT2D eigenvalue weighted by molar-refractivity contribution is 0.0757. The summed E-state index contributed by atoms with van der Waals surface area (Å²) in [6.07, 6.45) is 4.02. The Labute approximate surface area is 169 Å². The van der Waals surface area contributed by atoms with Gasteiger partial charge in [0.05, 0.1) is 18.4 Å². The molecule has 0 saturated heterocycles. The zero-order valence-corrected chi connectivity index (χ0v) is 16.7. The summed E-state index contributed by atoms with van der Waals surface area (Å²) in [5.41, 5.74) is 4.40. The Hall–Kier alpha value is -2.82. The molecule has 0 radical (unpaired) electrons. The molecule has 28 heavy (non-hydrogen) atoms. The van der Waals surface area contributed by atoms with Crippen LogP contribution in [-0.4, -0.2) is 21.6 Å². The zero-order chi connectivity index (χ0) is 19.9. The smallest absolute Gasteiger partial charge is 0.137 e. The van der Waals surface area contributed by atoms with Gasteiger partial charge in [-0.3, -0.25) is 0 Å². The number of ether oxygens (including phenoxy) is 1. The summed E-state index contributed by atoms with van der Waals surface area (Å²) in [6.45, 7) is 3.51. The summed E-state index contributed by atoms with van der Waals surface area (Å²) < 4.78 is 7.65. The molecule has 2 heterocycles. The fraction of sp³-hybridized carbons (Fsp3) is 0.174. The highest BCUT2D eigenvalue weighted by molar-refractivity contribution is 6.30. The first kappa shape index (κ1) is 18.5. The van der Waals surface area contributed by atoms with Gasteiger partial charge in [0, 0.05) is 39.7 Å². The van der Waals surface area contributed by atoms with E-state index in [1.807, 2.05) is 71.4 Å². The lowest BCUT2D eigenvalue weighted by Gasteiger charge is -2.23. The lowest BCUT2D eigenvalue weighted by Crippen LogP contribution is -2.17. The molecule has 0 bridgehead atoms. The largest absolute Gasteiger partial charge is 0.496 e. The minimum Gasteiger partial charge on any atom is -0.496 e. The van der Waals surface area contributed by atoms with Gasteiger partial charge in [-0.2, -0.15) is 0 Å². The van der Waals surface area contributed by atoms with Crippen molar-refractivity contribution >= 4 is 17.2 Å². The number of rotatable bonds is 4. The summed E-state index contributed by atoms with van der Waals surface area (Å²) in [5, 5.41) is 11.2. The van der Waals surface area contributed by atoms with Crippen LogP contribution in [0.5, 0.6) is 5.75 Å². The Morgan fingerprint density at radius 3 is 2.36 bits per heavy atom. The van der Waals surface area contributed by atoms with Crippen LogP contribution in [0.3, 0.4) is 0 Å². The van der Waals surface area contributed by atoms with E-state index in [-0.39, 0.29) is 0 Å². The highest BCUT2D eigenvalue weighted by Gasteiger charge is 2.23. The van der Waals surface area contributed by atoms with E-state index in [9.17, 15) is 5.11 Å². The van der Waals surface area contributed by atoms with Crippen molar-refractivity contribution in [3.63, 3.8) is 0 Å². The first-order chi connectivity index (χ1) is 13.4. The molecule has 2 aromatic carbocycles. The van der Waals surface area contributed by atoms with Crippen LogP contribution in [-0.2, 0) is 5.60 Å². The number of methoxy groups -OCH3 is 1. The van der Waals surface area contributed by atoms with Crippen molar-refractivity contribution in [2.75, 3.05) is 7.11 Å². The van der Waals surface area contributed by atoms with Gasteiger partial charge in [0.25, 0.3) is 0 Å². The summed E-state index contributed by atoms with van der Waals surface area (Å²) in [4.78, 5) is 4.70. The van der Waals surface area contributed by atoms with E-state index in [0.29, 0.717) is 10.8 Å². The van der Waals surface area contributed by atoms with E-state index in [1.54, 1.807) is 21.0 Å². The van der Waals surface area contributed by atoms with Crippen LogP contribution in [0.4, 0.5) is 0 Å². The third-order valence-corrected chi connectivity index (χ3v) is 5.03. The Morgan fingerprint density at radius 2 is 1.68 bits per heavy atom. The molecule has 0 aliphatic heterocycles. The zero-order valence-electron chi connectivity index (χ0n) is 16.0. The van der Waals surface area contributed by atoms with Crippen molar-refractivity contribution in [2.45, 2.75) is 19.4 Å². The Morgan fingerprint density at radius 1 is 0.964 bits per heavy atom. The van der Waals surface area contributed by atoms with Crippen LogP contribution in [0.15, 0.2) is 67.0 Å². The molecule has 0 amide bonds. The van der Waals surface area contributed by atoms with Crippen LogP contribution in [0.1, 0.15) is 19.4 Å². The Bertz CT molecular complexity index is 1140. The number of hydrogen-bond donors (Lipinski definition) is 1. The SMILES string of the molecule is COc1c(-c2ccc3nc(-c4ccc(Cl)cc4)cn3c2)cccc1C(C)(C)O. The molecule has 5 heteroatoms. The molecule has 4 rings (SSSR count). The van der Waals surface area contributed by atoms with E-state index < -0.39 is 5.60 Å². The van der Waals surface area contributed by atoms with Gasteiger partial charge in [0.2, 0.25) is 0 Å². The lowest BCUT2D eigenvalue weighted by atomic mass is 9.93. The minimum atomic E-state index is -0.998. The molecule has 142 valence electrons. The Kier molecular flexibility index (Phi) is 4.61. The third-order valence-electron chi connectivity index (χ3n) is 4.78. The summed E-state index contributed by atoms with van der Waals surface area (Å²) >= 11 is 5.98. The molecule has 0 aliphatic rings. The van der Waals surface area contributed by atoms with Gasteiger partial charge < -0.3 is 14.2 Å². The van der Waals surface area contributed by atoms with Crippen LogP contribution in [0.2, 0.25) is 5.02 Å². The number of halogens is 1. The first-order valence-electron chi connectivity index (χ1n) is 9.02. The third kappa shape index (κ3) is 3.37. The quantitative estimate of drug-likeness (QED) is 0.494. The maximum Gasteiger partial charge on any atom is 0.137 e. The number of hydrogen-bond acceptors (Lipinski definition) is 3.